The first kappa shape index (κ1) is 19.9. The van der Waals surface area contributed by atoms with E-state index in [0.717, 1.165) is 28.9 Å². The minimum absolute atomic E-state index is 0.0715. The standard InChI is InChI=1S/C19H13ClF4N2O2/c1-2-14-17(27)16(10-3-6-12(21)7-4-10)18(28)26(25-14)15-8-5-11(9-13(15)20)19(22,23)24/h3-9,27H,2H2,1H3. The summed E-state index contributed by atoms with van der Waals surface area (Å²) in [4.78, 5) is 12.9. The van der Waals surface area contributed by atoms with Crippen LogP contribution in [-0.2, 0) is 12.6 Å². The van der Waals surface area contributed by atoms with Gasteiger partial charge in [0.25, 0.3) is 5.56 Å². The zero-order valence-electron chi connectivity index (χ0n) is 14.4. The van der Waals surface area contributed by atoms with E-state index in [-0.39, 0.29) is 39.7 Å². The van der Waals surface area contributed by atoms with Crippen LogP contribution in [-0.4, -0.2) is 14.9 Å². The Morgan fingerprint density at radius 2 is 1.79 bits per heavy atom. The van der Waals surface area contributed by atoms with E-state index in [2.05, 4.69) is 5.10 Å². The topological polar surface area (TPSA) is 55.1 Å². The van der Waals surface area contributed by atoms with E-state index in [1.165, 1.54) is 12.1 Å². The van der Waals surface area contributed by atoms with Crippen molar-refractivity contribution in [3.63, 3.8) is 0 Å². The molecule has 0 saturated heterocycles. The van der Waals surface area contributed by atoms with Crippen LogP contribution in [0.4, 0.5) is 17.6 Å². The third-order valence-corrected chi connectivity index (χ3v) is 4.41. The predicted octanol–water partition coefficient (Wildman–Crippen LogP) is 4.98. The van der Waals surface area contributed by atoms with Crippen LogP contribution in [0.1, 0.15) is 18.2 Å². The summed E-state index contributed by atoms with van der Waals surface area (Å²) in [6.45, 7) is 1.68. The van der Waals surface area contributed by atoms with Gasteiger partial charge in [-0.3, -0.25) is 4.79 Å². The second-order valence-corrected chi connectivity index (χ2v) is 6.32. The molecular formula is C19H13ClF4N2O2. The van der Waals surface area contributed by atoms with Crippen molar-refractivity contribution in [2.75, 3.05) is 0 Å². The molecule has 1 N–H and O–H groups in total. The highest BCUT2D eigenvalue weighted by Gasteiger charge is 2.31. The van der Waals surface area contributed by atoms with Gasteiger partial charge in [0.1, 0.15) is 11.5 Å². The van der Waals surface area contributed by atoms with E-state index in [4.69, 9.17) is 11.6 Å². The summed E-state index contributed by atoms with van der Waals surface area (Å²) in [6.07, 6.45) is -4.36. The van der Waals surface area contributed by atoms with Gasteiger partial charge in [-0.1, -0.05) is 30.7 Å². The van der Waals surface area contributed by atoms with Crippen molar-refractivity contribution >= 4 is 11.6 Å². The molecule has 0 saturated carbocycles. The van der Waals surface area contributed by atoms with Gasteiger partial charge in [0.05, 0.1) is 21.8 Å². The molecule has 2 aromatic carbocycles. The lowest BCUT2D eigenvalue weighted by Gasteiger charge is -2.15. The molecule has 1 aromatic heterocycles. The van der Waals surface area contributed by atoms with Gasteiger partial charge in [0, 0.05) is 0 Å². The molecule has 28 heavy (non-hydrogen) atoms. The molecule has 0 fully saturated rings. The van der Waals surface area contributed by atoms with Gasteiger partial charge in [-0.2, -0.15) is 23.0 Å². The maximum Gasteiger partial charge on any atom is 0.416 e. The molecule has 0 amide bonds. The summed E-state index contributed by atoms with van der Waals surface area (Å²) in [5, 5.41) is 14.1. The Bertz CT molecular complexity index is 1090. The maximum absolute atomic E-state index is 13.2. The zero-order chi connectivity index (χ0) is 20.6. The Kier molecular flexibility index (Phi) is 5.16. The molecule has 146 valence electrons. The molecule has 0 radical (unpaired) electrons. The molecule has 9 heteroatoms. The first-order chi connectivity index (χ1) is 13.1. The summed E-state index contributed by atoms with van der Waals surface area (Å²) in [7, 11) is 0. The molecule has 0 unspecified atom stereocenters. The number of hydrogen-bond acceptors (Lipinski definition) is 3. The van der Waals surface area contributed by atoms with E-state index >= 15 is 0 Å². The van der Waals surface area contributed by atoms with Crippen LogP contribution in [0.3, 0.4) is 0 Å². The number of rotatable bonds is 3. The Morgan fingerprint density at radius 3 is 2.32 bits per heavy atom. The highest BCUT2D eigenvalue weighted by atomic mass is 35.5. The van der Waals surface area contributed by atoms with Gasteiger partial charge >= 0.3 is 6.18 Å². The number of nitrogens with zero attached hydrogens (tertiary/aromatic N) is 2. The van der Waals surface area contributed by atoms with E-state index in [1.807, 2.05) is 0 Å². The van der Waals surface area contributed by atoms with Crippen LogP contribution in [0.15, 0.2) is 47.3 Å². The number of aromatic nitrogens is 2. The van der Waals surface area contributed by atoms with E-state index < -0.39 is 23.1 Å². The number of alkyl halides is 3. The fourth-order valence-corrected chi connectivity index (χ4v) is 2.96. The smallest absolute Gasteiger partial charge is 0.416 e. The van der Waals surface area contributed by atoms with Crippen LogP contribution < -0.4 is 5.56 Å². The van der Waals surface area contributed by atoms with Crippen LogP contribution in [0.25, 0.3) is 16.8 Å². The second-order valence-electron chi connectivity index (χ2n) is 5.91. The van der Waals surface area contributed by atoms with Gasteiger partial charge in [-0.15, -0.1) is 0 Å². The quantitative estimate of drug-likeness (QED) is 0.617. The first-order valence-electron chi connectivity index (χ1n) is 8.11. The molecule has 0 bridgehead atoms. The molecule has 0 aliphatic carbocycles. The first-order valence-corrected chi connectivity index (χ1v) is 8.49. The summed E-state index contributed by atoms with van der Waals surface area (Å²) in [6, 6.07) is 7.37. The maximum atomic E-state index is 13.2. The molecular weight excluding hydrogens is 400 g/mol. The van der Waals surface area contributed by atoms with Crippen molar-refractivity contribution in [2.24, 2.45) is 0 Å². The SMILES string of the molecule is CCc1nn(-c2ccc(C(F)(F)F)cc2Cl)c(=O)c(-c2ccc(F)cc2)c1O. The lowest BCUT2D eigenvalue weighted by Crippen LogP contribution is -2.25. The van der Waals surface area contributed by atoms with Gasteiger partial charge in [0.15, 0.2) is 5.75 Å². The van der Waals surface area contributed by atoms with Crippen molar-refractivity contribution in [3.8, 4) is 22.6 Å². The average Bonchev–Trinajstić information content (AvgIpc) is 2.63. The van der Waals surface area contributed by atoms with Crippen molar-refractivity contribution in [1.82, 2.24) is 9.78 Å². The molecule has 3 aromatic rings. The molecule has 3 rings (SSSR count). The van der Waals surface area contributed by atoms with Gasteiger partial charge in [-0.05, 0) is 42.3 Å². The Morgan fingerprint density at radius 1 is 1.14 bits per heavy atom. The average molecular weight is 413 g/mol. The van der Waals surface area contributed by atoms with Gasteiger partial charge in [0.2, 0.25) is 0 Å². The molecule has 0 atom stereocenters. The molecule has 0 spiro atoms. The minimum Gasteiger partial charge on any atom is -0.505 e. The Hall–Kier alpha value is -2.87. The minimum atomic E-state index is -4.59. The lowest BCUT2D eigenvalue weighted by atomic mass is 10.0. The number of halogens is 5. The zero-order valence-corrected chi connectivity index (χ0v) is 15.1. The molecule has 4 nitrogen and oxygen atoms in total. The second kappa shape index (κ2) is 7.27. The number of aromatic hydroxyl groups is 1. The summed E-state index contributed by atoms with van der Waals surface area (Å²) >= 11 is 5.98. The normalized spacial score (nSPS) is 11.6. The van der Waals surface area contributed by atoms with Crippen LogP contribution in [0.5, 0.6) is 5.75 Å². The summed E-state index contributed by atoms with van der Waals surface area (Å²) in [5.41, 5.74) is -1.63. The Balaban J connectivity index is 2.27. The van der Waals surface area contributed by atoms with Crippen molar-refractivity contribution in [1.29, 1.82) is 0 Å². The monoisotopic (exact) mass is 412 g/mol. The number of hydrogen-bond donors (Lipinski definition) is 1. The fraction of sp³-hybridized carbons (Fsp3) is 0.158. The molecule has 1 heterocycles. The van der Waals surface area contributed by atoms with Crippen LogP contribution in [0.2, 0.25) is 5.02 Å². The van der Waals surface area contributed by atoms with E-state index in [9.17, 15) is 27.5 Å². The largest absolute Gasteiger partial charge is 0.505 e. The van der Waals surface area contributed by atoms with E-state index in [0.29, 0.717) is 6.07 Å². The van der Waals surface area contributed by atoms with Crippen molar-refractivity contribution < 1.29 is 22.7 Å². The predicted molar refractivity (Wildman–Crippen MR) is 96.3 cm³/mol. The molecule has 0 aliphatic heterocycles. The van der Waals surface area contributed by atoms with Crippen LogP contribution in [0, 0.1) is 5.82 Å². The Labute approximate surface area is 161 Å². The third-order valence-electron chi connectivity index (χ3n) is 4.11. The summed E-state index contributed by atoms with van der Waals surface area (Å²) in [5.74, 6) is -0.905. The molecule has 0 aliphatic rings. The van der Waals surface area contributed by atoms with Crippen molar-refractivity contribution in [3.05, 3.63) is 74.9 Å². The van der Waals surface area contributed by atoms with Crippen molar-refractivity contribution in [2.45, 2.75) is 19.5 Å². The summed E-state index contributed by atoms with van der Waals surface area (Å²) < 4.78 is 52.6. The van der Waals surface area contributed by atoms with Gasteiger partial charge in [-0.25, -0.2) is 4.39 Å². The number of benzene rings is 2. The van der Waals surface area contributed by atoms with E-state index in [1.54, 1.807) is 6.92 Å². The van der Waals surface area contributed by atoms with Gasteiger partial charge < -0.3 is 5.11 Å². The highest BCUT2D eigenvalue weighted by Crippen LogP contribution is 2.34. The fourth-order valence-electron chi connectivity index (χ4n) is 2.70. The third kappa shape index (κ3) is 3.60. The highest BCUT2D eigenvalue weighted by molar-refractivity contribution is 6.32. The number of aryl methyl sites for hydroxylation is 1. The lowest BCUT2D eigenvalue weighted by molar-refractivity contribution is -0.137. The van der Waals surface area contributed by atoms with Crippen LogP contribution >= 0.6 is 11.6 Å².